The second-order valence-electron chi connectivity index (χ2n) is 4.44. The molecule has 0 fully saturated rings. The molecule has 0 unspecified atom stereocenters. The maximum atomic E-state index is 5.69. The molecular formula is C14H20N4. The fraction of sp³-hybridized carbons (Fsp3) is 0.357. The molecule has 96 valence electrons. The van der Waals surface area contributed by atoms with Crippen LogP contribution in [0.5, 0.6) is 0 Å². The second-order valence-corrected chi connectivity index (χ2v) is 4.44. The average molecular weight is 244 g/mol. The maximum Gasteiger partial charge on any atom is 0.134 e. The van der Waals surface area contributed by atoms with Gasteiger partial charge in [0, 0.05) is 25.3 Å². The number of hydrogen-bond acceptors (Lipinski definition) is 3. The highest BCUT2D eigenvalue weighted by Crippen LogP contribution is 2.28. The SMILES string of the molecule is Cc1nn(C)c(N(C)c2ccccc2)c1CCN. The van der Waals surface area contributed by atoms with E-state index in [4.69, 9.17) is 5.73 Å². The monoisotopic (exact) mass is 244 g/mol. The Morgan fingerprint density at radius 2 is 1.94 bits per heavy atom. The van der Waals surface area contributed by atoms with Gasteiger partial charge < -0.3 is 10.6 Å². The molecule has 0 atom stereocenters. The lowest BCUT2D eigenvalue weighted by molar-refractivity contribution is 0.750. The lowest BCUT2D eigenvalue weighted by atomic mass is 10.1. The summed E-state index contributed by atoms with van der Waals surface area (Å²) in [6, 6.07) is 10.3. The van der Waals surface area contributed by atoms with Gasteiger partial charge in [0.15, 0.2) is 0 Å². The Hall–Kier alpha value is -1.81. The maximum absolute atomic E-state index is 5.69. The van der Waals surface area contributed by atoms with Crippen molar-refractivity contribution in [2.45, 2.75) is 13.3 Å². The van der Waals surface area contributed by atoms with Gasteiger partial charge in [-0.15, -0.1) is 0 Å². The number of nitrogens with two attached hydrogens (primary N) is 1. The molecule has 0 radical (unpaired) electrons. The highest BCUT2D eigenvalue weighted by Gasteiger charge is 2.17. The van der Waals surface area contributed by atoms with Crippen molar-refractivity contribution in [2.75, 3.05) is 18.5 Å². The van der Waals surface area contributed by atoms with Crippen LogP contribution in [0, 0.1) is 6.92 Å². The molecule has 0 saturated heterocycles. The van der Waals surface area contributed by atoms with Crippen molar-refractivity contribution in [1.29, 1.82) is 0 Å². The van der Waals surface area contributed by atoms with Gasteiger partial charge in [0.05, 0.1) is 5.69 Å². The molecular weight excluding hydrogens is 224 g/mol. The number of benzene rings is 1. The van der Waals surface area contributed by atoms with Crippen LogP contribution in [-0.2, 0) is 13.5 Å². The minimum Gasteiger partial charge on any atom is -0.330 e. The zero-order chi connectivity index (χ0) is 13.1. The number of aromatic nitrogens is 2. The van der Waals surface area contributed by atoms with Gasteiger partial charge in [0.1, 0.15) is 5.82 Å². The van der Waals surface area contributed by atoms with Crippen LogP contribution in [0.3, 0.4) is 0 Å². The first-order valence-electron chi connectivity index (χ1n) is 6.16. The molecule has 0 saturated carbocycles. The van der Waals surface area contributed by atoms with Crippen molar-refractivity contribution < 1.29 is 0 Å². The predicted octanol–water partition coefficient (Wildman–Crippen LogP) is 2.00. The molecule has 0 aliphatic rings. The molecule has 2 aromatic rings. The van der Waals surface area contributed by atoms with Crippen LogP contribution in [-0.4, -0.2) is 23.4 Å². The molecule has 1 heterocycles. The van der Waals surface area contributed by atoms with E-state index in [0.717, 1.165) is 23.6 Å². The molecule has 0 aliphatic carbocycles. The van der Waals surface area contributed by atoms with Gasteiger partial charge in [-0.2, -0.15) is 5.10 Å². The number of anilines is 2. The molecule has 0 spiro atoms. The van der Waals surface area contributed by atoms with Crippen LogP contribution in [0.2, 0.25) is 0 Å². The third-order valence-electron chi connectivity index (χ3n) is 3.17. The normalized spacial score (nSPS) is 10.7. The predicted molar refractivity (Wildman–Crippen MR) is 75.2 cm³/mol. The first-order chi connectivity index (χ1) is 8.65. The van der Waals surface area contributed by atoms with E-state index in [9.17, 15) is 0 Å². The summed E-state index contributed by atoms with van der Waals surface area (Å²) in [4.78, 5) is 2.16. The van der Waals surface area contributed by atoms with E-state index in [1.165, 1.54) is 5.56 Å². The molecule has 4 heteroatoms. The summed E-state index contributed by atoms with van der Waals surface area (Å²) < 4.78 is 1.92. The summed E-state index contributed by atoms with van der Waals surface area (Å²) in [6.45, 7) is 2.68. The second kappa shape index (κ2) is 5.23. The number of hydrogen-bond donors (Lipinski definition) is 1. The number of para-hydroxylation sites is 1. The van der Waals surface area contributed by atoms with Crippen LogP contribution in [0.1, 0.15) is 11.3 Å². The zero-order valence-corrected chi connectivity index (χ0v) is 11.2. The number of nitrogens with zero attached hydrogens (tertiary/aromatic N) is 3. The number of rotatable bonds is 4. The molecule has 1 aromatic heterocycles. The van der Waals surface area contributed by atoms with Gasteiger partial charge in [-0.3, -0.25) is 4.68 Å². The van der Waals surface area contributed by atoms with Gasteiger partial charge in [-0.1, -0.05) is 18.2 Å². The Bertz CT molecular complexity index is 516. The fourth-order valence-electron chi connectivity index (χ4n) is 2.32. The summed E-state index contributed by atoms with van der Waals surface area (Å²) in [7, 11) is 4.04. The molecule has 0 bridgehead atoms. The molecule has 1 aromatic carbocycles. The van der Waals surface area contributed by atoms with E-state index < -0.39 is 0 Å². The highest BCUT2D eigenvalue weighted by atomic mass is 15.4. The first-order valence-corrected chi connectivity index (χ1v) is 6.16. The zero-order valence-electron chi connectivity index (χ0n) is 11.2. The van der Waals surface area contributed by atoms with Gasteiger partial charge in [0.25, 0.3) is 0 Å². The van der Waals surface area contributed by atoms with Gasteiger partial charge >= 0.3 is 0 Å². The van der Waals surface area contributed by atoms with E-state index in [-0.39, 0.29) is 0 Å². The Morgan fingerprint density at radius 3 is 2.56 bits per heavy atom. The van der Waals surface area contributed by atoms with Crippen molar-refractivity contribution in [3.05, 3.63) is 41.6 Å². The molecule has 18 heavy (non-hydrogen) atoms. The first kappa shape index (κ1) is 12.6. The Kier molecular flexibility index (Phi) is 3.67. The average Bonchev–Trinajstić information content (AvgIpc) is 2.65. The van der Waals surface area contributed by atoms with Gasteiger partial charge in [-0.05, 0) is 32.0 Å². The molecule has 0 aliphatic heterocycles. The topological polar surface area (TPSA) is 47.1 Å². The Balaban J connectivity index is 2.44. The molecule has 4 nitrogen and oxygen atoms in total. The standard InChI is InChI=1S/C14H20N4/c1-11-13(9-10-15)14(18(3)16-11)17(2)12-7-5-4-6-8-12/h4-8H,9-10,15H2,1-3H3. The quantitative estimate of drug-likeness (QED) is 0.894. The van der Waals surface area contributed by atoms with E-state index in [1.807, 2.05) is 36.9 Å². The van der Waals surface area contributed by atoms with Crippen molar-refractivity contribution in [3.8, 4) is 0 Å². The lowest BCUT2D eigenvalue weighted by Crippen LogP contribution is -2.16. The van der Waals surface area contributed by atoms with E-state index in [1.54, 1.807) is 0 Å². The van der Waals surface area contributed by atoms with Crippen LogP contribution >= 0.6 is 0 Å². The van der Waals surface area contributed by atoms with Crippen molar-refractivity contribution in [1.82, 2.24) is 9.78 Å². The van der Waals surface area contributed by atoms with E-state index >= 15 is 0 Å². The molecule has 2 rings (SSSR count). The molecule has 0 amide bonds. The van der Waals surface area contributed by atoms with Crippen molar-refractivity contribution >= 4 is 11.5 Å². The Labute approximate surface area is 108 Å². The summed E-state index contributed by atoms with van der Waals surface area (Å²) >= 11 is 0. The third-order valence-corrected chi connectivity index (χ3v) is 3.17. The Morgan fingerprint density at radius 1 is 1.28 bits per heavy atom. The van der Waals surface area contributed by atoms with E-state index in [2.05, 4.69) is 29.2 Å². The minimum absolute atomic E-state index is 0.641. The van der Waals surface area contributed by atoms with Crippen LogP contribution < -0.4 is 10.6 Å². The smallest absolute Gasteiger partial charge is 0.134 e. The van der Waals surface area contributed by atoms with Gasteiger partial charge in [0.2, 0.25) is 0 Å². The van der Waals surface area contributed by atoms with Gasteiger partial charge in [-0.25, -0.2) is 0 Å². The van der Waals surface area contributed by atoms with Crippen molar-refractivity contribution in [3.63, 3.8) is 0 Å². The highest BCUT2D eigenvalue weighted by molar-refractivity contribution is 5.63. The van der Waals surface area contributed by atoms with Crippen LogP contribution in [0.15, 0.2) is 30.3 Å². The van der Waals surface area contributed by atoms with E-state index in [0.29, 0.717) is 6.54 Å². The summed E-state index contributed by atoms with van der Waals surface area (Å²) in [6.07, 6.45) is 0.853. The summed E-state index contributed by atoms with van der Waals surface area (Å²) in [5.74, 6) is 1.11. The fourth-order valence-corrected chi connectivity index (χ4v) is 2.32. The van der Waals surface area contributed by atoms with Crippen molar-refractivity contribution in [2.24, 2.45) is 12.8 Å². The van der Waals surface area contributed by atoms with Crippen LogP contribution in [0.25, 0.3) is 0 Å². The minimum atomic E-state index is 0.641. The third kappa shape index (κ3) is 2.24. The molecule has 2 N–H and O–H groups in total. The lowest BCUT2D eigenvalue weighted by Gasteiger charge is -2.21. The summed E-state index contributed by atoms with van der Waals surface area (Å²) in [5, 5.41) is 4.50. The number of aryl methyl sites for hydroxylation is 2. The largest absolute Gasteiger partial charge is 0.330 e. The summed E-state index contributed by atoms with van der Waals surface area (Å²) in [5.41, 5.74) is 9.13. The van der Waals surface area contributed by atoms with Crippen LogP contribution in [0.4, 0.5) is 11.5 Å².